The van der Waals surface area contributed by atoms with Gasteiger partial charge in [0.1, 0.15) is 5.75 Å². The highest BCUT2D eigenvalue weighted by molar-refractivity contribution is 6.35. The van der Waals surface area contributed by atoms with Gasteiger partial charge in [-0.2, -0.15) is 0 Å². The minimum atomic E-state index is -1.18. The average Bonchev–Trinajstić information content (AvgIpc) is 2.71. The summed E-state index contributed by atoms with van der Waals surface area (Å²) < 4.78 is 11.0. The molecule has 0 saturated carbocycles. The third-order valence-electron chi connectivity index (χ3n) is 4.29. The molecule has 2 aromatic heterocycles. The van der Waals surface area contributed by atoms with E-state index in [-0.39, 0.29) is 0 Å². The minimum Gasteiger partial charge on any atom is -0.455 e. The van der Waals surface area contributed by atoms with Crippen LogP contribution in [0.3, 0.4) is 0 Å². The van der Waals surface area contributed by atoms with Crippen molar-refractivity contribution in [3.05, 3.63) is 65.1 Å². The molecular formula is C22H20ClN3O3. The number of amides is 1. The summed E-state index contributed by atoms with van der Waals surface area (Å²) in [6, 6.07) is 10.6. The number of nitrogens with one attached hydrogen (secondary N) is 1. The molecule has 0 aliphatic rings. The minimum absolute atomic E-state index is 0.358. The van der Waals surface area contributed by atoms with Crippen molar-refractivity contribution < 1.29 is 14.3 Å². The van der Waals surface area contributed by atoms with Gasteiger partial charge in [-0.15, -0.1) is 6.42 Å². The molecular weight excluding hydrogens is 390 g/mol. The number of methoxy groups -OCH3 is 1. The molecule has 0 aliphatic heterocycles. The number of hydrogen-bond acceptors (Lipinski definition) is 5. The molecule has 1 N–H and O–H groups in total. The Bertz CT molecular complexity index is 1080. The summed E-state index contributed by atoms with van der Waals surface area (Å²) in [5, 5.41) is 3.97. The van der Waals surface area contributed by atoms with Gasteiger partial charge in [-0.05, 0) is 38.1 Å². The molecule has 0 bridgehead atoms. The first-order valence-electron chi connectivity index (χ1n) is 8.83. The van der Waals surface area contributed by atoms with Crippen LogP contribution in [0.15, 0.2) is 48.8 Å². The Hall–Kier alpha value is -3.14. The summed E-state index contributed by atoms with van der Waals surface area (Å²) in [5.41, 5.74) is 1.20. The first-order chi connectivity index (χ1) is 13.8. The molecule has 3 aromatic rings. The number of ether oxygens (including phenoxy) is 2. The molecule has 0 aliphatic carbocycles. The molecule has 2 heterocycles. The molecule has 1 amide bonds. The second kappa shape index (κ2) is 8.48. The Morgan fingerprint density at radius 2 is 2.07 bits per heavy atom. The number of fused-ring (bicyclic) bond motifs is 1. The lowest BCUT2D eigenvalue weighted by Crippen LogP contribution is -2.48. The van der Waals surface area contributed by atoms with Gasteiger partial charge < -0.3 is 14.8 Å². The highest BCUT2D eigenvalue weighted by atomic mass is 35.5. The van der Waals surface area contributed by atoms with Crippen LogP contribution in [0.2, 0.25) is 5.02 Å². The summed E-state index contributed by atoms with van der Waals surface area (Å²) in [6.07, 6.45) is 7.49. The Balaban J connectivity index is 1.82. The number of carbonyl (C=O) groups excluding carboxylic acids is 1. The van der Waals surface area contributed by atoms with E-state index in [2.05, 4.69) is 21.2 Å². The molecule has 0 radical (unpaired) electrons. The molecule has 29 heavy (non-hydrogen) atoms. The van der Waals surface area contributed by atoms with Crippen molar-refractivity contribution in [2.45, 2.75) is 25.7 Å². The summed E-state index contributed by atoms with van der Waals surface area (Å²) in [5.74, 6) is 2.44. The van der Waals surface area contributed by atoms with E-state index in [0.717, 1.165) is 0 Å². The van der Waals surface area contributed by atoms with E-state index in [1.807, 2.05) is 32.0 Å². The van der Waals surface area contributed by atoms with Gasteiger partial charge in [0.15, 0.2) is 0 Å². The quantitative estimate of drug-likeness (QED) is 0.496. The summed E-state index contributed by atoms with van der Waals surface area (Å²) >= 11 is 6.31. The Morgan fingerprint density at radius 1 is 1.28 bits per heavy atom. The first kappa shape index (κ1) is 20.6. The Labute approximate surface area is 174 Å². The Morgan fingerprint density at radius 3 is 2.72 bits per heavy atom. The van der Waals surface area contributed by atoms with Gasteiger partial charge in [0.25, 0.3) is 12.2 Å². The summed E-state index contributed by atoms with van der Waals surface area (Å²) in [7, 11) is 1.39. The van der Waals surface area contributed by atoms with Gasteiger partial charge in [-0.25, -0.2) is 0 Å². The summed E-state index contributed by atoms with van der Waals surface area (Å²) in [4.78, 5) is 21.3. The number of nitrogens with zero attached hydrogens (tertiary/aromatic N) is 2. The first-order valence-corrected chi connectivity index (χ1v) is 9.21. The van der Waals surface area contributed by atoms with Crippen LogP contribution >= 0.6 is 11.6 Å². The number of rotatable bonds is 6. The maximum atomic E-state index is 12.8. The van der Waals surface area contributed by atoms with Crippen molar-refractivity contribution in [2.24, 2.45) is 0 Å². The second-order valence-electron chi connectivity index (χ2n) is 6.86. The van der Waals surface area contributed by atoms with Crippen LogP contribution in [0.25, 0.3) is 10.9 Å². The SMILES string of the molecule is C#Cc1cnc2c(Cl)cc(OC(OC)C(=O)NC(C)(C)c3ccccn3)cc2c1. The van der Waals surface area contributed by atoms with E-state index in [4.69, 9.17) is 27.5 Å². The van der Waals surface area contributed by atoms with Crippen molar-refractivity contribution in [3.63, 3.8) is 0 Å². The lowest BCUT2D eigenvalue weighted by molar-refractivity contribution is -0.150. The van der Waals surface area contributed by atoms with Crippen LogP contribution in [-0.2, 0) is 15.1 Å². The number of terminal acetylenes is 1. The number of pyridine rings is 2. The van der Waals surface area contributed by atoms with Crippen LogP contribution in [0.5, 0.6) is 5.75 Å². The van der Waals surface area contributed by atoms with Crippen LogP contribution in [0, 0.1) is 12.3 Å². The largest absolute Gasteiger partial charge is 0.455 e. The molecule has 6 nitrogen and oxygen atoms in total. The maximum absolute atomic E-state index is 12.8. The van der Waals surface area contributed by atoms with E-state index in [1.54, 1.807) is 30.6 Å². The smallest absolute Gasteiger partial charge is 0.290 e. The number of carbonyl (C=O) groups is 1. The number of benzene rings is 1. The van der Waals surface area contributed by atoms with Gasteiger partial charge >= 0.3 is 0 Å². The topological polar surface area (TPSA) is 73.3 Å². The van der Waals surface area contributed by atoms with Crippen molar-refractivity contribution in [3.8, 4) is 18.1 Å². The van der Waals surface area contributed by atoms with Crippen LogP contribution in [0.1, 0.15) is 25.1 Å². The standard InChI is InChI=1S/C22H20ClN3O3/c1-5-14-10-15-11-16(12-17(23)19(15)25-13-14)29-21(28-4)20(27)26-22(2,3)18-8-6-7-9-24-18/h1,6-13,21H,2-4H3,(H,26,27). The molecule has 0 fully saturated rings. The van der Waals surface area contributed by atoms with Gasteiger partial charge in [0.05, 0.1) is 21.8 Å². The van der Waals surface area contributed by atoms with E-state index in [1.165, 1.54) is 7.11 Å². The number of halogens is 1. The van der Waals surface area contributed by atoms with E-state index in [0.29, 0.717) is 32.9 Å². The molecule has 3 rings (SSSR count). The highest BCUT2D eigenvalue weighted by Gasteiger charge is 2.29. The molecule has 148 valence electrons. The number of hydrogen-bond donors (Lipinski definition) is 1. The number of aromatic nitrogens is 2. The predicted octanol–water partition coefficient (Wildman–Crippen LogP) is 3.67. The predicted molar refractivity (Wildman–Crippen MR) is 112 cm³/mol. The van der Waals surface area contributed by atoms with E-state index >= 15 is 0 Å². The highest BCUT2D eigenvalue weighted by Crippen LogP contribution is 2.29. The van der Waals surface area contributed by atoms with Crippen LogP contribution < -0.4 is 10.1 Å². The molecule has 1 atom stereocenters. The third kappa shape index (κ3) is 4.65. The van der Waals surface area contributed by atoms with Crippen LogP contribution in [0.4, 0.5) is 0 Å². The van der Waals surface area contributed by atoms with Crippen LogP contribution in [-0.4, -0.2) is 29.3 Å². The fourth-order valence-corrected chi connectivity index (χ4v) is 3.09. The zero-order chi connectivity index (χ0) is 21.0. The summed E-state index contributed by atoms with van der Waals surface area (Å²) in [6.45, 7) is 3.69. The van der Waals surface area contributed by atoms with E-state index < -0.39 is 17.7 Å². The molecule has 1 aromatic carbocycles. The van der Waals surface area contributed by atoms with Crippen molar-refractivity contribution in [1.82, 2.24) is 15.3 Å². The monoisotopic (exact) mass is 409 g/mol. The van der Waals surface area contributed by atoms with Gasteiger partial charge in [0, 0.05) is 36.5 Å². The lowest BCUT2D eigenvalue weighted by Gasteiger charge is -2.28. The maximum Gasteiger partial charge on any atom is 0.290 e. The third-order valence-corrected chi connectivity index (χ3v) is 4.58. The average molecular weight is 410 g/mol. The normalized spacial score (nSPS) is 12.2. The fourth-order valence-electron chi connectivity index (χ4n) is 2.82. The second-order valence-corrected chi connectivity index (χ2v) is 7.27. The van der Waals surface area contributed by atoms with Gasteiger partial charge in [-0.3, -0.25) is 14.8 Å². The zero-order valence-electron chi connectivity index (χ0n) is 16.3. The Kier molecular flexibility index (Phi) is 6.02. The van der Waals surface area contributed by atoms with Crippen molar-refractivity contribution in [1.29, 1.82) is 0 Å². The van der Waals surface area contributed by atoms with Gasteiger partial charge in [-0.1, -0.05) is 23.6 Å². The van der Waals surface area contributed by atoms with Crippen molar-refractivity contribution in [2.75, 3.05) is 7.11 Å². The lowest BCUT2D eigenvalue weighted by atomic mass is 10.00. The molecule has 1 unspecified atom stereocenters. The molecule has 7 heteroatoms. The van der Waals surface area contributed by atoms with E-state index in [9.17, 15) is 4.79 Å². The molecule has 0 saturated heterocycles. The zero-order valence-corrected chi connectivity index (χ0v) is 17.0. The van der Waals surface area contributed by atoms with Gasteiger partial charge in [0.2, 0.25) is 0 Å². The molecule has 0 spiro atoms. The fraction of sp³-hybridized carbons (Fsp3) is 0.227. The van der Waals surface area contributed by atoms with Crippen molar-refractivity contribution >= 4 is 28.4 Å².